The Morgan fingerprint density at radius 3 is 2.46 bits per heavy atom. The van der Waals surface area contributed by atoms with Gasteiger partial charge in [-0.05, 0) is 11.1 Å². The van der Waals surface area contributed by atoms with Crippen LogP contribution in [0.1, 0.15) is 5.56 Å². The summed E-state index contributed by atoms with van der Waals surface area (Å²) in [6.45, 7) is 3.70. The van der Waals surface area contributed by atoms with E-state index in [0.29, 0.717) is 0 Å². The lowest BCUT2D eigenvalue weighted by atomic mass is 10.1. The van der Waals surface area contributed by atoms with Gasteiger partial charge in [-0.15, -0.1) is 0 Å². The number of nitrogens with one attached hydrogen (secondary N) is 1. The minimum absolute atomic E-state index is 1.11. The maximum Gasteiger partial charge on any atom is 0.0565 e. The van der Waals surface area contributed by atoms with Crippen molar-refractivity contribution in [1.29, 1.82) is 0 Å². The second-order valence-corrected chi connectivity index (χ2v) is 2.81. The van der Waals surface area contributed by atoms with Gasteiger partial charge in [-0.25, -0.2) is 0 Å². The molecule has 1 aromatic heterocycles. The molecule has 0 saturated carbocycles. The zero-order chi connectivity index (χ0) is 9.10. The van der Waals surface area contributed by atoms with Gasteiger partial charge in [0.15, 0.2) is 0 Å². The largest absolute Gasteiger partial charge is 0.285 e. The van der Waals surface area contributed by atoms with Gasteiger partial charge < -0.3 is 0 Å². The molecule has 0 saturated heterocycles. The molecule has 0 aliphatic carbocycles. The van der Waals surface area contributed by atoms with Crippen molar-refractivity contribution in [3.05, 3.63) is 48.8 Å². The highest BCUT2D eigenvalue weighted by atomic mass is 15.1. The fourth-order valence-electron chi connectivity index (χ4n) is 1.22. The normalized spacial score (nSPS) is 9.85. The van der Waals surface area contributed by atoms with Crippen molar-refractivity contribution in [2.75, 3.05) is 0 Å². The molecule has 0 aliphatic rings. The zero-order valence-electron chi connectivity index (χ0n) is 7.20. The minimum Gasteiger partial charge on any atom is -0.285 e. The molecule has 1 heterocycles. The van der Waals surface area contributed by atoms with E-state index in [-0.39, 0.29) is 0 Å². The summed E-state index contributed by atoms with van der Waals surface area (Å²) < 4.78 is 0. The topological polar surface area (TPSA) is 28.7 Å². The van der Waals surface area contributed by atoms with Gasteiger partial charge in [-0.2, -0.15) is 5.10 Å². The van der Waals surface area contributed by atoms with E-state index in [4.69, 9.17) is 0 Å². The first-order chi connectivity index (χ1) is 6.40. The number of aromatic amines is 1. The molecule has 2 rings (SSSR count). The molecule has 0 bridgehead atoms. The fraction of sp³-hybridized carbons (Fsp3) is 0. The van der Waals surface area contributed by atoms with E-state index in [2.05, 4.69) is 28.9 Å². The summed E-state index contributed by atoms with van der Waals surface area (Å²) in [5.41, 5.74) is 3.40. The van der Waals surface area contributed by atoms with Gasteiger partial charge in [0.2, 0.25) is 0 Å². The Hall–Kier alpha value is -1.83. The second kappa shape index (κ2) is 3.27. The minimum atomic E-state index is 1.11. The molecule has 0 spiro atoms. The lowest BCUT2D eigenvalue weighted by Gasteiger charge is -1.96. The Balaban J connectivity index is 2.38. The number of hydrogen-bond acceptors (Lipinski definition) is 1. The Bertz CT molecular complexity index is 385. The molecule has 0 fully saturated rings. The molecule has 2 aromatic rings. The molecule has 64 valence electrons. The summed E-state index contributed by atoms with van der Waals surface area (Å²) in [7, 11) is 0. The van der Waals surface area contributed by atoms with Crippen molar-refractivity contribution < 1.29 is 0 Å². The molecule has 0 amide bonds. The van der Waals surface area contributed by atoms with Crippen LogP contribution in [0, 0.1) is 0 Å². The third-order valence-electron chi connectivity index (χ3n) is 1.98. The Morgan fingerprint density at radius 2 is 1.92 bits per heavy atom. The number of nitrogens with zero attached hydrogens (tertiary/aromatic N) is 1. The van der Waals surface area contributed by atoms with Crippen LogP contribution < -0.4 is 0 Å². The van der Waals surface area contributed by atoms with E-state index >= 15 is 0 Å². The Kier molecular flexibility index (Phi) is 1.96. The van der Waals surface area contributed by atoms with E-state index in [1.54, 1.807) is 0 Å². The summed E-state index contributed by atoms with van der Waals surface area (Å²) in [5.74, 6) is 0. The maximum atomic E-state index is 3.90. The van der Waals surface area contributed by atoms with E-state index in [9.17, 15) is 0 Å². The van der Waals surface area contributed by atoms with Crippen LogP contribution in [0.5, 0.6) is 0 Å². The quantitative estimate of drug-likeness (QED) is 0.737. The van der Waals surface area contributed by atoms with E-state index in [0.717, 1.165) is 11.1 Å². The molecule has 2 heteroatoms. The third kappa shape index (κ3) is 1.51. The summed E-state index contributed by atoms with van der Waals surface area (Å²) in [6, 6.07) is 8.19. The molecular formula is C11H10N2. The van der Waals surface area contributed by atoms with Crippen molar-refractivity contribution in [1.82, 2.24) is 10.2 Å². The van der Waals surface area contributed by atoms with Crippen molar-refractivity contribution in [3.8, 4) is 11.1 Å². The first-order valence-electron chi connectivity index (χ1n) is 4.12. The van der Waals surface area contributed by atoms with Gasteiger partial charge in [-0.1, -0.05) is 36.9 Å². The molecule has 0 unspecified atom stereocenters. The van der Waals surface area contributed by atoms with E-state index in [1.165, 1.54) is 5.56 Å². The Labute approximate surface area is 76.9 Å². The van der Waals surface area contributed by atoms with Crippen LogP contribution in [0.25, 0.3) is 17.2 Å². The number of aromatic nitrogens is 2. The van der Waals surface area contributed by atoms with Crippen LogP contribution in [-0.2, 0) is 0 Å². The van der Waals surface area contributed by atoms with Crippen LogP contribution in [0.3, 0.4) is 0 Å². The lowest BCUT2D eigenvalue weighted by molar-refractivity contribution is 1.09. The molecule has 0 aliphatic heterocycles. The zero-order valence-corrected chi connectivity index (χ0v) is 7.20. The van der Waals surface area contributed by atoms with Crippen LogP contribution in [-0.4, -0.2) is 10.2 Å². The number of rotatable bonds is 2. The second-order valence-electron chi connectivity index (χ2n) is 2.81. The molecule has 13 heavy (non-hydrogen) atoms. The number of hydrogen-bond donors (Lipinski definition) is 1. The van der Waals surface area contributed by atoms with Gasteiger partial charge in [0, 0.05) is 11.8 Å². The summed E-state index contributed by atoms with van der Waals surface area (Å²) in [6.07, 6.45) is 5.52. The average Bonchev–Trinajstić information content (AvgIpc) is 2.71. The standard InChI is InChI=1S/C11H10N2/c1-2-9-3-5-10(6-4-9)11-7-12-13-8-11/h2-8H,1H2,(H,12,13). The SMILES string of the molecule is C=Cc1ccc(-c2cn[nH]c2)cc1. The average molecular weight is 170 g/mol. The lowest BCUT2D eigenvalue weighted by Crippen LogP contribution is -1.74. The summed E-state index contributed by atoms with van der Waals surface area (Å²) in [5, 5.41) is 6.68. The van der Waals surface area contributed by atoms with E-state index in [1.807, 2.05) is 30.6 Å². The van der Waals surface area contributed by atoms with Crippen LogP contribution in [0.4, 0.5) is 0 Å². The fourth-order valence-corrected chi connectivity index (χ4v) is 1.22. The maximum absolute atomic E-state index is 3.90. The summed E-state index contributed by atoms with van der Waals surface area (Å²) >= 11 is 0. The summed E-state index contributed by atoms with van der Waals surface area (Å²) in [4.78, 5) is 0. The van der Waals surface area contributed by atoms with Gasteiger partial charge in [0.1, 0.15) is 0 Å². The molecule has 2 nitrogen and oxygen atoms in total. The van der Waals surface area contributed by atoms with E-state index < -0.39 is 0 Å². The predicted octanol–water partition coefficient (Wildman–Crippen LogP) is 2.72. The van der Waals surface area contributed by atoms with Gasteiger partial charge in [0.25, 0.3) is 0 Å². The number of H-pyrrole nitrogens is 1. The molecule has 1 aromatic carbocycles. The van der Waals surface area contributed by atoms with Crippen molar-refractivity contribution in [3.63, 3.8) is 0 Å². The molecular weight excluding hydrogens is 160 g/mol. The first-order valence-corrected chi connectivity index (χ1v) is 4.12. The van der Waals surface area contributed by atoms with Crippen molar-refractivity contribution in [2.24, 2.45) is 0 Å². The van der Waals surface area contributed by atoms with Crippen molar-refractivity contribution >= 4 is 6.08 Å². The highest BCUT2D eigenvalue weighted by Crippen LogP contribution is 2.17. The van der Waals surface area contributed by atoms with Gasteiger partial charge in [-0.3, -0.25) is 5.10 Å². The monoisotopic (exact) mass is 170 g/mol. The Morgan fingerprint density at radius 1 is 1.15 bits per heavy atom. The van der Waals surface area contributed by atoms with Crippen LogP contribution in [0.15, 0.2) is 43.2 Å². The molecule has 1 N–H and O–H groups in total. The van der Waals surface area contributed by atoms with Crippen molar-refractivity contribution in [2.45, 2.75) is 0 Å². The highest BCUT2D eigenvalue weighted by molar-refractivity contribution is 5.63. The van der Waals surface area contributed by atoms with Crippen LogP contribution >= 0.6 is 0 Å². The molecule has 0 radical (unpaired) electrons. The third-order valence-corrected chi connectivity index (χ3v) is 1.98. The first kappa shape index (κ1) is 7.80. The number of benzene rings is 1. The predicted molar refractivity (Wildman–Crippen MR) is 54.1 cm³/mol. The van der Waals surface area contributed by atoms with Crippen LogP contribution in [0.2, 0.25) is 0 Å². The van der Waals surface area contributed by atoms with Gasteiger partial charge >= 0.3 is 0 Å². The highest BCUT2D eigenvalue weighted by Gasteiger charge is 1.96. The smallest absolute Gasteiger partial charge is 0.0565 e. The molecule has 0 atom stereocenters. The van der Waals surface area contributed by atoms with Gasteiger partial charge in [0.05, 0.1) is 6.20 Å².